The Labute approximate surface area is 116 Å². The number of hydrogen-bond donors (Lipinski definition) is 1. The van der Waals surface area contributed by atoms with Crippen molar-refractivity contribution in [2.75, 3.05) is 33.4 Å². The van der Waals surface area contributed by atoms with Gasteiger partial charge in [-0.15, -0.1) is 0 Å². The lowest BCUT2D eigenvalue weighted by molar-refractivity contribution is -0.121. The first kappa shape index (κ1) is 14.5. The second-order valence-corrected chi connectivity index (χ2v) is 5.60. The van der Waals surface area contributed by atoms with Crippen LogP contribution >= 0.6 is 0 Å². The fraction of sp³-hybridized carbons (Fsp3) is 0.800. The van der Waals surface area contributed by atoms with E-state index < -0.39 is 0 Å². The standard InChI is InChI=1S/C15H26N2O2/c1-19-10-9-17-8-4-7-14(17)12-16-15(18)11-13-5-2-3-6-13/h2,5,13-14H,3-4,6-12H2,1H3,(H,16,18)/t13-,14+/m1/s1. The molecular weight excluding hydrogens is 240 g/mol. The van der Waals surface area contributed by atoms with Gasteiger partial charge in [0.2, 0.25) is 5.91 Å². The zero-order valence-corrected chi connectivity index (χ0v) is 11.9. The van der Waals surface area contributed by atoms with Crippen LogP contribution in [-0.4, -0.2) is 50.2 Å². The van der Waals surface area contributed by atoms with Crippen molar-refractivity contribution in [3.05, 3.63) is 12.2 Å². The summed E-state index contributed by atoms with van der Waals surface area (Å²) in [6.07, 6.45) is 9.70. The second-order valence-electron chi connectivity index (χ2n) is 5.60. The van der Waals surface area contributed by atoms with Crippen LogP contribution in [0.4, 0.5) is 0 Å². The van der Waals surface area contributed by atoms with Crippen molar-refractivity contribution >= 4 is 5.91 Å². The van der Waals surface area contributed by atoms with Crippen molar-refractivity contribution in [2.45, 2.75) is 38.1 Å². The van der Waals surface area contributed by atoms with Crippen molar-refractivity contribution < 1.29 is 9.53 Å². The molecule has 2 atom stereocenters. The van der Waals surface area contributed by atoms with Gasteiger partial charge in [-0.3, -0.25) is 9.69 Å². The quantitative estimate of drug-likeness (QED) is 0.711. The zero-order chi connectivity index (χ0) is 13.5. The van der Waals surface area contributed by atoms with E-state index in [-0.39, 0.29) is 5.91 Å². The molecule has 1 heterocycles. The minimum Gasteiger partial charge on any atom is -0.383 e. The maximum atomic E-state index is 11.9. The Balaban J connectivity index is 1.65. The monoisotopic (exact) mass is 266 g/mol. The van der Waals surface area contributed by atoms with Crippen LogP contribution in [0.15, 0.2) is 12.2 Å². The molecule has 0 aromatic rings. The molecule has 2 aliphatic rings. The number of likely N-dealkylation sites (tertiary alicyclic amines) is 1. The van der Waals surface area contributed by atoms with Gasteiger partial charge in [-0.25, -0.2) is 0 Å². The van der Waals surface area contributed by atoms with E-state index in [1.165, 1.54) is 12.8 Å². The van der Waals surface area contributed by atoms with E-state index in [0.717, 1.165) is 39.1 Å². The molecule has 19 heavy (non-hydrogen) atoms. The maximum Gasteiger partial charge on any atom is 0.220 e. The highest BCUT2D eigenvalue weighted by molar-refractivity contribution is 5.76. The lowest BCUT2D eigenvalue weighted by Crippen LogP contribution is -2.41. The Bertz CT molecular complexity index is 317. The first-order valence-corrected chi connectivity index (χ1v) is 7.46. The number of nitrogens with zero attached hydrogens (tertiary/aromatic N) is 1. The number of ether oxygens (including phenoxy) is 1. The fourth-order valence-corrected chi connectivity index (χ4v) is 3.04. The molecule has 1 aliphatic carbocycles. The lowest BCUT2D eigenvalue weighted by Gasteiger charge is -2.24. The summed E-state index contributed by atoms with van der Waals surface area (Å²) in [6.45, 7) is 3.67. The van der Waals surface area contributed by atoms with E-state index in [0.29, 0.717) is 18.4 Å². The number of carbonyl (C=O) groups is 1. The Hall–Kier alpha value is -0.870. The average molecular weight is 266 g/mol. The van der Waals surface area contributed by atoms with Crippen molar-refractivity contribution in [2.24, 2.45) is 5.92 Å². The molecule has 1 N–H and O–H groups in total. The van der Waals surface area contributed by atoms with E-state index >= 15 is 0 Å². The molecule has 1 amide bonds. The van der Waals surface area contributed by atoms with Crippen LogP contribution in [0.25, 0.3) is 0 Å². The third-order valence-electron chi connectivity index (χ3n) is 4.18. The Kier molecular flexibility index (Phi) is 5.86. The summed E-state index contributed by atoms with van der Waals surface area (Å²) in [5, 5.41) is 3.10. The van der Waals surface area contributed by atoms with Crippen LogP contribution in [0.2, 0.25) is 0 Å². The highest BCUT2D eigenvalue weighted by atomic mass is 16.5. The van der Waals surface area contributed by atoms with Crippen molar-refractivity contribution in [1.82, 2.24) is 10.2 Å². The van der Waals surface area contributed by atoms with Gasteiger partial charge in [0, 0.05) is 32.7 Å². The minimum atomic E-state index is 0.204. The third-order valence-corrected chi connectivity index (χ3v) is 4.18. The van der Waals surface area contributed by atoms with Gasteiger partial charge in [0.15, 0.2) is 0 Å². The topological polar surface area (TPSA) is 41.6 Å². The number of amides is 1. The fourth-order valence-electron chi connectivity index (χ4n) is 3.04. The second kappa shape index (κ2) is 7.65. The number of nitrogens with one attached hydrogen (secondary N) is 1. The molecule has 0 saturated carbocycles. The predicted octanol–water partition coefficient (Wildman–Crippen LogP) is 1.57. The molecule has 0 aromatic heterocycles. The molecule has 1 saturated heterocycles. The zero-order valence-electron chi connectivity index (χ0n) is 11.9. The van der Waals surface area contributed by atoms with Gasteiger partial charge in [-0.05, 0) is 38.1 Å². The molecule has 4 nitrogen and oxygen atoms in total. The Morgan fingerprint density at radius 3 is 3.11 bits per heavy atom. The SMILES string of the molecule is COCCN1CCC[C@H]1CNC(=O)C[C@@H]1C=CCC1. The van der Waals surface area contributed by atoms with Gasteiger partial charge in [-0.2, -0.15) is 0 Å². The van der Waals surface area contributed by atoms with E-state index in [2.05, 4.69) is 22.4 Å². The van der Waals surface area contributed by atoms with E-state index in [1.807, 2.05) is 0 Å². The molecule has 4 heteroatoms. The van der Waals surface area contributed by atoms with Gasteiger partial charge in [0.05, 0.1) is 6.61 Å². The molecule has 1 fully saturated rings. The minimum absolute atomic E-state index is 0.204. The summed E-state index contributed by atoms with van der Waals surface area (Å²) >= 11 is 0. The lowest BCUT2D eigenvalue weighted by atomic mass is 10.0. The van der Waals surface area contributed by atoms with Crippen molar-refractivity contribution in [3.63, 3.8) is 0 Å². The van der Waals surface area contributed by atoms with Gasteiger partial charge >= 0.3 is 0 Å². The highest BCUT2D eigenvalue weighted by Crippen LogP contribution is 2.20. The van der Waals surface area contributed by atoms with Crippen molar-refractivity contribution in [1.29, 1.82) is 0 Å². The molecule has 1 aliphatic heterocycles. The highest BCUT2D eigenvalue weighted by Gasteiger charge is 2.24. The predicted molar refractivity (Wildman–Crippen MR) is 76.0 cm³/mol. The first-order valence-electron chi connectivity index (χ1n) is 7.46. The molecule has 2 rings (SSSR count). The molecule has 0 radical (unpaired) electrons. The van der Waals surface area contributed by atoms with Crippen LogP contribution in [0.3, 0.4) is 0 Å². The first-order chi connectivity index (χ1) is 9.29. The van der Waals surface area contributed by atoms with Crippen LogP contribution in [0, 0.1) is 5.92 Å². The van der Waals surface area contributed by atoms with Gasteiger partial charge in [0.25, 0.3) is 0 Å². The van der Waals surface area contributed by atoms with Gasteiger partial charge in [-0.1, -0.05) is 12.2 Å². The van der Waals surface area contributed by atoms with Crippen LogP contribution in [-0.2, 0) is 9.53 Å². The van der Waals surface area contributed by atoms with Crippen LogP contribution < -0.4 is 5.32 Å². The van der Waals surface area contributed by atoms with Gasteiger partial charge in [0.1, 0.15) is 0 Å². The largest absolute Gasteiger partial charge is 0.383 e. The molecule has 0 bridgehead atoms. The summed E-state index contributed by atoms with van der Waals surface area (Å²) in [7, 11) is 1.74. The summed E-state index contributed by atoms with van der Waals surface area (Å²) in [5.74, 6) is 0.670. The molecule has 0 unspecified atom stereocenters. The number of methoxy groups -OCH3 is 1. The summed E-state index contributed by atoms with van der Waals surface area (Å²) < 4.78 is 5.13. The smallest absolute Gasteiger partial charge is 0.220 e. The number of carbonyl (C=O) groups excluding carboxylic acids is 1. The van der Waals surface area contributed by atoms with Crippen LogP contribution in [0.5, 0.6) is 0 Å². The number of rotatable bonds is 7. The summed E-state index contributed by atoms with van der Waals surface area (Å²) in [5.41, 5.74) is 0. The van der Waals surface area contributed by atoms with Crippen molar-refractivity contribution in [3.8, 4) is 0 Å². The maximum absolute atomic E-state index is 11.9. The normalized spacial score (nSPS) is 27.0. The average Bonchev–Trinajstić information content (AvgIpc) is 3.05. The number of allylic oxidation sites excluding steroid dienone is 2. The number of hydrogen-bond acceptors (Lipinski definition) is 3. The Morgan fingerprint density at radius 1 is 1.47 bits per heavy atom. The van der Waals surface area contributed by atoms with E-state index in [1.54, 1.807) is 7.11 Å². The van der Waals surface area contributed by atoms with Gasteiger partial charge < -0.3 is 10.1 Å². The molecule has 108 valence electrons. The molecule has 0 aromatic carbocycles. The summed E-state index contributed by atoms with van der Waals surface area (Å²) in [6, 6.07) is 0.498. The molecular formula is C15H26N2O2. The Morgan fingerprint density at radius 2 is 2.37 bits per heavy atom. The summed E-state index contributed by atoms with van der Waals surface area (Å²) in [4.78, 5) is 14.3. The molecule has 0 spiro atoms. The van der Waals surface area contributed by atoms with Crippen LogP contribution in [0.1, 0.15) is 32.1 Å². The third kappa shape index (κ3) is 4.62. The van der Waals surface area contributed by atoms with E-state index in [4.69, 9.17) is 4.74 Å². The van der Waals surface area contributed by atoms with E-state index in [9.17, 15) is 4.79 Å².